The zero-order valence-corrected chi connectivity index (χ0v) is 16.1. The number of thiazole rings is 1. The molecule has 1 aromatic carbocycles. The first-order valence-electron chi connectivity index (χ1n) is 8.48. The molecule has 0 spiro atoms. The number of hydrogen-bond donors (Lipinski definition) is 2. The van der Waals surface area contributed by atoms with Crippen LogP contribution in [0.1, 0.15) is 36.0 Å². The molecule has 1 heterocycles. The minimum absolute atomic E-state index is 0.0781. The lowest BCUT2D eigenvalue weighted by atomic mass is 10.2. The topological polar surface area (TPSA) is 88.2 Å². The van der Waals surface area contributed by atoms with Crippen LogP contribution in [-0.2, 0) is 27.8 Å². The second-order valence-electron chi connectivity index (χ2n) is 6.10. The number of rotatable bonds is 8. The molecule has 1 amide bonds. The smallest absolute Gasteiger partial charge is 0.244 e. The van der Waals surface area contributed by atoms with Gasteiger partial charge in [0.1, 0.15) is 0 Å². The van der Waals surface area contributed by atoms with Crippen molar-refractivity contribution in [3.8, 4) is 0 Å². The van der Waals surface area contributed by atoms with Crippen molar-refractivity contribution in [3.63, 3.8) is 0 Å². The molecule has 0 saturated heterocycles. The molecule has 0 unspecified atom stereocenters. The van der Waals surface area contributed by atoms with E-state index in [9.17, 15) is 13.2 Å². The summed E-state index contributed by atoms with van der Waals surface area (Å²) in [5.41, 5.74) is 1.61. The van der Waals surface area contributed by atoms with Gasteiger partial charge in [0.25, 0.3) is 0 Å². The van der Waals surface area contributed by atoms with Gasteiger partial charge >= 0.3 is 0 Å². The highest BCUT2D eigenvalue weighted by molar-refractivity contribution is 7.89. The lowest BCUT2D eigenvalue weighted by molar-refractivity contribution is -0.116. The van der Waals surface area contributed by atoms with Crippen LogP contribution in [0.2, 0.25) is 0 Å². The van der Waals surface area contributed by atoms with Gasteiger partial charge in [0, 0.05) is 17.5 Å². The maximum Gasteiger partial charge on any atom is 0.244 e. The Kier molecular flexibility index (Phi) is 5.85. The summed E-state index contributed by atoms with van der Waals surface area (Å²) in [6.07, 6.45) is 5.77. The maximum atomic E-state index is 12.1. The fourth-order valence-corrected chi connectivity index (χ4v) is 4.30. The van der Waals surface area contributed by atoms with E-state index in [0.29, 0.717) is 6.54 Å². The van der Waals surface area contributed by atoms with E-state index in [1.807, 2.05) is 12.3 Å². The second-order valence-corrected chi connectivity index (χ2v) is 8.76. The van der Waals surface area contributed by atoms with Crippen LogP contribution < -0.4 is 10.0 Å². The predicted octanol–water partition coefficient (Wildman–Crippen LogP) is 2.48. The molecule has 0 atom stereocenters. The summed E-state index contributed by atoms with van der Waals surface area (Å²) in [7, 11) is -3.44. The molecule has 0 aliphatic heterocycles. The summed E-state index contributed by atoms with van der Waals surface area (Å²) >= 11 is 1.59. The number of aryl methyl sites for hydroxylation is 1. The Morgan fingerprint density at radius 2 is 2.04 bits per heavy atom. The third kappa shape index (κ3) is 5.23. The van der Waals surface area contributed by atoms with Gasteiger partial charge in [-0.05, 0) is 43.0 Å². The molecule has 0 radical (unpaired) electrons. The first-order valence-corrected chi connectivity index (χ1v) is 10.8. The van der Waals surface area contributed by atoms with Crippen LogP contribution in [-0.4, -0.2) is 25.4 Å². The lowest BCUT2D eigenvalue weighted by Crippen LogP contribution is -2.25. The molecule has 2 aromatic rings. The minimum Gasteiger partial charge on any atom is -0.347 e. The monoisotopic (exact) mass is 391 g/mol. The van der Waals surface area contributed by atoms with Crippen molar-refractivity contribution >= 4 is 33.3 Å². The third-order valence-corrected chi connectivity index (χ3v) is 6.44. The third-order valence-electron chi connectivity index (χ3n) is 3.86. The standard InChI is InChI=1S/C18H21N3O3S2/c1-2-18-20-15(12-25-18)11-19-17(22)10-5-13-3-8-16(9-4-13)26(23,24)21-14-6-7-14/h3-5,8-10,12,14,21H,2,6-7,11H2,1H3,(H,19,22)/b10-5+. The number of amides is 1. The summed E-state index contributed by atoms with van der Waals surface area (Å²) < 4.78 is 26.8. The average molecular weight is 392 g/mol. The van der Waals surface area contributed by atoms with Crippen molar-refractivity contribution in [2.75, 3.05) is 0 Å². The van der Waals surface area contributed by atoms with E-state index in [2.05, 4.69) is 15.0 Å². The predicted molar refractivity (Wildman–Crippen MR) is 102 cm³/mol. The molecule has 2 N–H and O–H groups in total. The van der Waals surface area contributed by atoms with Crippen molar-refractivity contribution in [1.82, 2.24) is 15.0 Å². The van der Waals surface area contributed by atoms with Crippen LogP contribution in [0.15, 0.2) is 40.6 Å². The van der Waals surface area contributed by atoms with Crippen LogP contribution in [0.25, 0.3) is 6.08 Å². The van der Waals surface area contributed by atoms with Crippen molar-refractivity contribution in [2.24, 2.45) is 0 Å². The summed E-state index contributed by atoms with van der Waals surface area (Å²) in [5, 5.41) is 5.78. The zero-order valence-electron chi connectivity index (χ0n) is 14.4. The Balaban J connectivity index is 1.53. The van der Waals surface area contributed by atoms with E-state index < -0.39 is 10.0 Å². The number of nitrogens with zero attached hydrogens (tertiary/aromatic N) is 1. The van der Waals surface area contributed by atoms with Crippen LogP contribution in [0, 0.1) is 0 Å². The first-order chi connectivity index (χ1) is 12.5. The van der Waals surface area contributed by atoms with Crippen LogP contribution in [0.3, 0.4) is 0 Å². The van der Waals surface area contributed by atoms with Gasteiger partial charge in [-0.3, -0.25) is 4.79 Å². The van der Waals surface area contributed by atoms with Gasteiger partial charge in [0.15, 0.2) is 0 Å². The van der Waals surface area contributed by atoms with E-state index in [-0.39, 0.29) is 16.8 Å². The maximum absolute atomic E-state index is 12.1. The molecule has 8 heteroatoms. The van der Waals surface area contributed by atoms with Crippen LogP contribution in [0.5, 0.6) is 0 Å². The molecule has 1 fully saturated rings. The van der Waals surface area contributed by atoms with Crippen LogP contribution >= 0.6 is 11.3 Å². The van der Waals surface area contributed by atoms with Gasteiger partial charge in [-0.25, -0.2) is 18.1 Å². The van der Waals surface area contributed by atoms with Crippen LogP contribution in [0.4, 0.5) is 0 Å². The summed E-state index contributed by atoms with van der Waals surface area (Å²) in [5.74, 6) is -0.219. The van der Waals surface area contributed by atoms with E-state index in [1.165, 1.54) is 6.08 Å². The quantitative estimate of drug-likeness (QED) is 0.677. The number of aromatic nitrogens is 1. The summed E-state index contributed by atoms with van der Waals surface area (Å²) in [6.45, 7) is 2.44. The van der Waals surface area contributed by atoms with Gasteiger partial charge in [0.05, 0.1) is 22.1 Å². The molecule has 1 aromatic heterocycles. The molecular formula is C18H21N3O3S2. The van der Waals surface area contributed by atoms with E-state index >= 15 is 0 Å². The van der Waals surface area contributed by atoms with Crippen molar-refractivity contribution < 1.29 is 13.2 Å². The molecule has 1 aliphatic rings. The number of hydrogen-bond acceptors (Lipinski definition) is 5. The highest BCUT2D eigenvalue weighted by Gasteiger charge is 2.27. The summed E-state index contributed by atoms with van der Waals surface area (Å²) in [6, 6.07) is 6.53. The Morgan fingerprint density at radius 1 is 1.31 bits per heavy atom. The van der Waals surface area contributed by atoms with E-state index in [0.717, 1.165) is 35.5 Å². The highest BCUT2D eigenvalue weighted by Crippen LogP contribution is 2.22. The number of carbonyl (C=O) groups is 1. The molecule has 26 heavy (non-hydrogen) atoms. The fourth-order valence-electron chi connectivity index (χ4n) is 2.25. The molecular weight excluding hydrogens is 370 g/mol. The lowest BCUT2D eigenvalue weighted by Gasteiger charge is -2.05. The first kappa shape index (κ1) is 18.8. The normalized spacial score (nSPS) is 14.7. The Morgan fingerprint density at radius 3 is 2.65 bits per heavy atom. The molecule has 0 bridgehead atoms. The molecule has 1 saturated carbocycles. The Labute approximate surface area is 157 Å². The van der Waals surface area contributed by atoms with Gasteiger partial charge < -0.3 is 5.32 Å². The average Bonchev–Trinajstić information content (AvgIpc) is 3.31. The molecule has 1 aliphatic carbocycles. The number of nitrogens with one attached hydrogen (secondary N) is 2. The SMILES string of the molecule is CCc1nc(CNC(=O)/C=C/c2ccc(S(=O)(=O)NC3CC3)cc2)cs1. The minimum atomic E-state index is -3.44. The van der Waals surface area contributed by atoms with Gasteiger partial charge in [-0.1, -0.05) is 19.1 Å². The largest absolute Gasteiger partial charge is 0.347 e. The fraction of sp³-hybridized carbons (Fsp3) is 0.333. The second kappa shape index (κ2) is 8.11. The van der Waals surface area contributed by atoms with Gasteiger partial charge in [-0.15, -0.1) is 11.3 Å². The van der Waals surface area contributed by atoms with E-state index in [1.54, 1.807) is 41.7 Å². The molecule has 138 valence electrons. The number of benzene rings is 1. The highest BCUT2D eigenvalue weighted by atomic mass is 32.2. The summed E-state index contributed by atoms with van der Waals surface area (Å²) in [4.78, 5) is 16.5. The Hall–Kier alpha value is -2.03. The van der Waals surface area contributed by atoms with Gasteiger partial charge in [0.2, 0.25) is 15.9 Å². The molecule has 3 rings (SSSR count). The van der Waals surface area contributed by atoms with E-state index in [4.69, 9.17) is 0 Å². The number of carbonyl (C=O) groups excluding carboxylic acids is 1. The Bertz CT molecular complexity index is 898. The molecule has 6 nitrogen and oxygen atoms in total. The number of sulfonamides is 1. The van der Waals surface area contributed by atoms with Crippen molar-refractivity contribution in [3.05, 3.63) is 52.0 Å². The zero-order chi connectivity index (χ0) is 18.6. The van der Waals surface area contributed by atoms with Crippen molar-refractivity contribution in [1.29, 1.82) is 0 Å². The van der Waals surface area contributed by atoms with Gasteiger partial charge in [-0.2, -0.15) is 0 Å². The van der Waals surface area contributed by atoms with Crippen molar-refractivity contribution in [2.45, 2.75) is 43.7 Å².